The number of benzene rings is 1. The van der Waals surface area contributed by atoms with E-state index in [9.17, 15) is 9.59 Å². The van der Waals surface area contributed by atoms with Crippen molar-refractivity contribution in [3.05, 3.63) is 48.0 Å². The predicted molar refractivity (Wildman–Crippen MR) is 148 cm³/mol. The van der Waals surface area contributed by atoms with Gasteiger partial charge in [-0.3, -0.25) is 9.59 Å². The first-order chi connectivity index (χ1) is 17.4. The summed E-state index contributed by atoms with van der Waals surface area (Å²) in [5, 5.41) is 0. The van der Waals surface area contributed by atoms with Crippen molar-refractivity contribution in [3.63, 3.8) is 0 Å². The normalized spacial score (nSPS) is 16.5. The molecule has 0 heterocycles. The zero-order valence-electron chi connectivity index (χ0n) is 23.1. The lowest BCUT2D eigenvalue weighted by Gasteiger charge is -2.28. The Morgan fingerprint density at radius 2 is 1.50 bits per heavy atom. The third-order valence-corrected chi connectivity index (χ3v) is 7.29. The van der Waals surface area contributed by atoms with E-state index in [1.807, 2.05) is 30.3 Å². The van der Waals surface area contributed by atoms with Gasteiger partial charge in [-0.1, -0.05) is 114 Å². The summed E-state index contributed by atoms with van der Waals surface area (Å²) in [5.74, 6) is -0.628. The summed E-state index contributed by atoms with van der Waals surface area (Å²) in [5.41, 5.74) is -0.359. The lowest BCUT2D eigenvalue weighted by molar-refractivity contribution is -0.174. The molecule has 4 nitrogen and oxygen atoms in total. The second-order valence-corrected chi connectivity index (χ2v) is 11.0. The molecule has 0 radical (unpaired) electrons. The van der Waals surface area contributed by atoms with E-state index in [4.69, 9.17) is 9.47 Å². The molecular formula is C32H50O4. The van der Waals surface area contributed by atoms with Crippen molar-refractivity contribution in [2.75, 3.05) is 6.61 Å². The Labute approximate surface area is 220 Å². The van der Waals surface area contributed by atoms with Crippen LogP contribution >= 0.6 is 0 Å². The molecular weight excluding hydrogens is 448 g/mol. The molecule has 0 N–H and O–H groups in total. The van der Waals surface area contributed by atoms with Crippen LogP contribution in [0.1, 0.15) is 129 Å². The summed E-state index contributed by atoms with van der Waals surface area (Å²) in [6, 6.07) is 9.85. The van der Waals surface area contributed by atoms with Gasteiger partial charge in [0.15, 0.2) is 5.41 Å². The quantitative estimate of drug-likeness (QED) is 0.0877. The van der Waals surface area contributed by atoms with Gasteiger partial charge < -0.3 is 9.47 Å². The number of esters is 2. The van der Waals surface area contributed by atoms with E-state index < -0.39 is 17.4 Å². The summed E-state index contributed by atoms with van der Waals surface area (Å²) < 4.78 is 11.5. The molecule has 2 unspecified atom stereocenters. The van der Waals surface area contributed by atoms with Gasteiger partial charge in [-0.25, -0.2) is 0 Å². The Morgan fingerprint density at radius 1 is 0.889 bits per heavy atom. The van der Waals surface area contributed by atoms with Crippen LogP contribution in [0, 0.1) is 11.3 Å². The smallest absolute Gasteiger partial charge is 0.323 e. The van der Waals surface area contributed by atoms with E-state index in [-0.39, 0.29) is 6.10 Å². The van der Waals surface area contributed by atoms with Crippen LogP contribution in [0.25, 0.3) is 0 Å². The molecule has 2 rings (SSSR count). The van der Waals surface area contributed by atoms with Crippen LogP contribution in [0.4, 0.5) is 0 Å². The zero-order valence-corrected chi connectivity index (χ0v) is 23.1. The maximum Gasteiger partial charge on any atom is 0.323 e. The third-order valence-electron chi connectivity index (χ3n) is 7.29. The van der Waals surface area contributed by atoms with Gasteiger partial charge in [0.1, 0.15) is 6.10 Å². The number of rotatable bonds is 18. The molecule has 0 fully saturated rings. The number of ether oxygens (including phenoxy) is 2. The fourth-order valence-corrected chi connectivity index (χ4v) is 4.75. The number of hydrogen-bond acceptors (Lipinski definition) is 4. The molecule has 0 aromatic heterocycles. The van der Waals surface area contributed by atoms with E-state index in [0.717, 1.165) is 44.1 Å². The van der Waals surface area contributed by atoms with E-state index in [0.29, 0.717) is 12.5 Å². The third kappa shape index (κ3) is 11.3. The van der Waals surface area contributed by atoms with Gasteiger partial charge in [-0.15, -0.1) is 0 Å². The first-order valence-electron chi connectivity index (χ1n) is 14.5. The molecule has 0 aliphatic heterocycles. The lowest BCUT2D eigenvalue weighted by Crippen LogP contribution is -2.37. The molecule has 4 heteroatoms. The fourth-order valence-electron chi connectivity index (χ4n) is 4.75. The van der Waals surface area contributed by atoms with Crippen LogP contribution < -0.4 is 0 Å². The van der Waals surface area contributed by atoms with Crippen LogP contribution in [0.5, 0.6) is 0 Å². The van der Waals surface area contributed by atoms with Crippen molar-refractivity contribution >= 4 is 11.9 Å². The molecule has 36 heavy (non-hydrogen) atoms. The summed E-state index contributed by atoms with van der Waals surface area (Å²) in [7, 11) is 0. The Balaban J connectivity index is 1.71. The second kappa shape index (κ2) is 17.4. The molecule has 0 saturated heterocycles. The molecule has 1 aliphatic carbocycles. The van der Waals surface area contributed by atoms with Crippen molar-refractivity contribution in [1.29, 1.82) is 0 Å². The van der Waals surface area contributed by atoms with E-state index in [1.54, 1.807) is 13.8 Å². The minimum atomic E-state index is -1.33. The Bertz CT molecular complexity index is 768. The molecule has 0 amide bonds. The molecule has 2 atom stereocenters. The lowest BCUT2D eigenvalue weighted by atomic mass is 9.88. The molecule has 202 valence electrons. The van der Waals surface area contributed by atoms with Crippen LogP contribution in [0.15, 0.2) is 42.5 Å². The Kier molecular flexibility index (Phi) is 14.5. The minimum absolute atomic E-state index is 0.363. The average Bonchev–Trinajstić information content (AvgIpc) is 2.89. The largest absolute Gasteiger partial charge is 0.465 e. The van der Waals surface area contributed by atoms with Crippen molar-refractivity contribution in [1.82, 2.24) is 0 Å². The van der Waals surface area contributed by atoms with Gasteiger partial charge in [-0.05, 0) is 57.4 Å². The number of hydrogen-bond donors (Lipinski definition) is 0. The first-order valence-corrected chi connectivity index (χ1v) is 14.5. The molecule has 1 aromatic rings. The SMILES string of the molecule is CCCCCCCCCCCCCOC(=O)C(C)(C)C(=O)OC(CC1C=CCCC1)c1ccccc1. The summed E-state index contributed by atoms with van der Waals surface area (Å²) in [6.45, 7) is 5.84. The molecule has 0 saturated carbocycles. The average molecular weight is 499 g/mol. The summed E-state index contributed by atoms with van der Waals surface area (Å²) in [4.78, 5) is 25.9. The number of carbonyl (C=O) groups is 2. The van der Waals surface area contributed by atoms with Crippen LogP contribution in [-0.2, 0) is 19.1 Å². The van der Waals surface area contributed by atoms with Crippen LogP contribution in [0.3, 0.4) is 0 Å². The Hall–Kier alpha value is -2.10. The van der Waals surface area contributed by atoms with E-state index in [2.05, 4.69) is 19.1 Å². The maximum atomic E-state index is 13.1. The molecule has 1 aliphatic rings. The van der Waals surface area contributed by atoms with Crippen LogP contribution in [-0.4, -0.2) is 18.5 Å². The minimum Gasteiger partial charge on any atom is -0.465 e. The standard InChI is InChI=1S/C32H50O4/c1-4-5-6-7-8-9-10-11-12-13-20-25-35-30(33)32(2,3)31(34)36-29(28-23-18-15-19-24-28)26-27-21-16-14-17-22-27/h15-16,18-19,21,23-24,27,29H,4-14,17,20,22,25-26H2,1-3H3. The highest BCUT2D eigenvalue weighted by molar-refractivity contribution is 5.99. The number of allylic oxidation sites excluding steroid dienone is 2. The molecule has 0 spiro atoms. The van der Waals surface area contributed by atoms with Gasteiger partial charge in [-0.2, -0.15) is 0 Å². The van der Waals surface area contributed by atoms with Crippen molar-refractivity contribution < 1.29 is 19.1 Å². The van der Waals surface area contributed by atoms with Crippen molar-refractivity contribution in [2.45, 2.75) is 123 Å². The van der Waals surface area contributed by atoms with E-state index in [1.165, 1.54) is 57.8 Å². The van der Waals surface area contributed by atoms with Gasteiger partial charge in [0, 0.05) is 0 Å². The van der Waals surface area contributed by atoms with E-state index >= 15 is 0 Å². The highest BCUT2D eigenvalue weighted by atomic mass is 16.6. The van der Waals surface area contributed by atoms with Gasteiger partial charge in [0.25, 0.3) is 0 Å². The van der Waals surface area contributed by atoms with Crippen molar-refractivity contribution in [3.8, 4) is 0 Å². The topological polar surface area (TPSA) is 52.6 Å². The fraction of sp³-hybridized carbons (Fsp3) is 0.688. The van der Waals surface area contributed by atoms with Gasteiger partial charge in [0.05, 0.1) is 6.61 Å². The highest BCUT2D eigenvalue weighted by Gasteiger charge is 2.41. The van der Waals surface area contributed by atoms with Gasteiger partial charge >= 0.3 is 11.9 Å². The second-order valence-electron chi connectivity index (χ2n) is 11.0. The predicted octanol–water partition coefficient (Wildman–Crippen LogP) is 8.90. The first kappa shape index (κ1) is 30.1. The Morgan fingerprint density at radius 3 is 2.08 bits per heavy atom. The van der Waals surface area contributed by atoms with Crippen molar-refractivity contribution in [2.24, 2.45) is 11.3 Å². The monoisotopic (exact) mass is 498 g/mol. The summed E-state index contributed by atoms with van der Waals surface area (Å²) in [6.07, 6.45) is 21.9. The number of unbranched alkanes of at least 4 members (excludes halogenated alkanes) is 10. The summed E-state index contributed by atoms with van der Waals surface area (Å²) >= 11 is 0. The van der Waals surface area contributed by atoms with Gasteiger partial charge in [0.2, 0.25) is 0 Å². The highest BCUT2D eigenvalue weighted by Crippen LogP contribution is 2.33. The zero-order chi connectivity index (χ0) is 26.1. The molecule has 1 aromatic carbocycles. The van der Waals surface area contributed by atoms with Crippen LogP contribution in [0.2, 0.25) is 0 Å². The number of carbonyl (C=O) groups excluding carboxylic acids is 2. The maximum absolute atomic E-state index is 13.1. The molecule has 0 bridgehead atoms.